The first-order valence-electron chi connectivity index (χ1n) is 5.75. The standard InChI is InChI=1S/C11H20N2O3S2/c1-4-13(5-6-16-3)18(14,15)11-7-10(8-12)17-9(11)2/h7H,4-6,8,12H2,1-3H3. The Hall–Kier alpha value is -0.470. The highest BCUT2D eigenvalue weighted by Gasteiger charge is 2.26. The Balaban J connectivity index is 3.06. The lowest BCUT2D eigenvalue weighted by Gasteiger charge is -2.19. The molecular weight excluding hydrogens is 272 g/mol. The highest BCUT2D eigenvalue weighted by molar-refractivity contribution is 7.89. The predicted molar refractivity (Wildman–Crippen MR) is 73.3 cm³/mol. The molecule has 0 atom stereocenters. The van der Waals surface area contributed by atoms with Crippen LogP contribution in [0, 0.1) is 6.92 Å². The van der Waals surface area contributed by atoms with Crippen molar-refractivity contribution < 1.29 is 13.2 Å². The van der Waals surface area contributed by atoms with Crippen molar-refractivity contribution in [2.24, 2.45) is 5.73 Å². The summed E-state index contributed by atoms with van der Waals surface area (Å²) in [5, 5.41) is 0. The van der Waals surface area contributed by atoms with E-state index in [1.54, 1.807) is 20.1 Å². The molecule has 0 aliphatic heterocycles. The summed E-state index contributed by atoms with van der Waals surface area (Å²) in [4.78, 5) is 2.03. The number of sulfonamides is 1. The van der Waals surface area contributed by atoms with Crippen molar-refractivity contribution in [1.29, 1.82) is 0 Å². The summed E-state index contributed by atoms with van der Waals surface area (Å²) >= 11 is 1.43. The number of ether oxygens (including phenoxy) is 1. The first-order chi connectivity index (χ1) is 8.47. The Morgan fingerprint density at radius 1 is 1.50 bits per heavy atom. The second-order valence-electron chi connectivity index (χ2n) is 3.83. The normalized spacial score (nSPS) is 12.3. The zero-order valence-electron chi connectivity index (χ0n) is 11.0. The number of aryl methyl sites for hydroxylation is 1. The Morgan fingerprint density at radius 3 is 2.61 bits per heavy atom. The lowest BCUT2D eigenvalue weighted by Crippen LogP contribution is -2.33. The summed E-state index contributed by atoms with van der Waals surface area (Å²) in [6.07, 6.45) is 0. The molecule has 1 rings (SSSR count). The van der Waals surface area contributed by atoms with Crippen molar-refractivity contribution >= 4 is 21.4 Å². The molecule has 1 heterocycles. The van der Waals surface area contributed by atoms with E-state index in [9.17, 15) is 8.42 Å². The second-order valence-corrected chi connectivity index (χ2v) is 7.07. The number of nitrogens with zero attached hydrogens (tertiary/aromatic N) is 1. The van der Waals surface area contributed by atoms with Gasteiger partial charge in [0.1, 0.15) is 0 Å². The maximum atomic E-state index is 12.5. The van der Waals surface area contributed by atoms with Gasteiger partial charge in [0, 0.05) is 36.5 Å². The molecule has 18 heavy (non-hydrogen) atoms. The van der Waals surface area contributed by atoms with E-state index in [2.05, 4.69) is 0 Å². The molecule has 0 spiro atoms. The molecule has 104 valence electrons. The average molecular weight is 292 g/mol. The van der Waals surface area contributed by atoms with E-state index in [4.69, 9.17) is 10.5 Å². The minimum absolute atomic E-state index is 0.364. The summed E-state index contributed by atoms with van der Waals surface area (Å²) in [5.74, 6) is 0. The van der Waals surface area contributed by atoms with E-state index in [0.717, 1.165) is 9.75 Å². The van der Waals surface area contributed by atoms with Gasteiger partial charge in [-0.3, -0.25) is 0 Å². The quantitative estimate of drug-likeness (QED) is 0.819. The molecule has 0 unspecified atom stereocenters. The summed E-state index contributed by atoms with van der Waals surface area (Å²) in [6, 6.07) is 1.67. The molecule has 0 aliphatic rings. The monoisotopic (exact) mass is 292 g/mol. The van der Waals surface area contributed by atoms with Crippen molar-refractivity contribution in [3.63, 3.8) is 0 Å². The van der Waals surface area contributed by atoms with Crippen LogP contribution in [0.5, 0.6) is 0 Å². The molecule has 0 fully saturated rings. The molecule has 7 heteroatoms. The third-order valence-electron chi connectivity index (χ3n) is 2.64. The second kappa shape index (κ2) is 6.63. The molecule has 2 N–H and O–H groups in total. The molecule has 1 aromatic rings. The van der Waals surface area contributed by atoms with Gasteiger partial charge in [0.15, 0.2) is 0 Å². The van der Waals surface area contributed by atoms with Crippen LogP contribution < -0.4 is 5.73 Å². The van der Waals surface area contributed by atoms with Crippen molar-refractivity contribution in [2.45, 2.75) is 25.3 Å². The summed E-state index contributed by atoms with van der Waals surface area (Å²) < 4.78 is 31.3. The molecule has 0 radical (unpaired) electrons. The Kier molecular flexibility index (Phi) is 5.74. The van der Waals surface area contributed by atoms with Crippen molar-refractivity contribution in [2.75, 3.05) is 26.8 Å². The van der Waals surface area contributed by atoms with Gasteiger partial charge in [0.2, 0.25) is 10.0 Å². The van der Waals surface area contributed by atoms with E-state index in [0.29, 0.717) is 31.1 Å². The number of thiophene rings is 1. The van der Waals surface area contributed by atoms with Crippen LogP contribution in [0.15, 0.2) is 11.0 Å². The molecule has 1 aromatic heterocycles. The third-order valence-corrected chi connectivity index (χ3v) is 5.94. The number of hydrogen-bond donors (Lipinski definition) is 1. The van der Waals surface area contributed by atoms with E-state index < -0.39 is 10.0 Å². The van der Waals surface area contributed by atoms with Crippen molar-refractivity contribution in [3.8, 4) is 0 Å². The topological polar surface area (TPSA) is 72.6 Å². The highest BCUT2D eigenvalue weighted by Crippen LogP contribution is 2.27. The van der Waals surface area contributed by atoms with Gasteiger partial charge in [-0.1, -0.05) is 6.92 Å². The smallest absolute Gasteiger partial charge is 0.244 e. The van der Waals surface area contributed by atoms with Gasteiger partial charge >= 0.3 is 0 Å². The van der Waals surface area contributed by atoms with Crippen LogP contribution in [-0.4, -0.2) is 39.5 Å². The van der Waals surface area contributed by atoms with Crippen LogP contribution in [-0.2, 0) is 21.3 Å². The van der Waals surface area contributed by atoms with Crippen LogP contribution >= 0.6 is 11.3 Å². The zero-order chi connectivity index (χ0) is 13.8. The molecular formula is C11H20N2O3S2. The maximum absolute atomic E-state index is 12.5. The van der Waals surface area contributed by atoms with Crippen LogP contribution in [0.1, 0.15) is 16.7 Å². The SMILES string of the molecule is CCN(CCOC)S(=O)(=O)c1cc(CN)sc1C. The lowest BCUT2D eigenvalue weighted by molar-refractivity contribution is 0.180. The fourth-order valence-electron chi connectivity index (χ4n) is 1.66. The Morgan fingerprint density at radius 2 is 2.17 bits per heavy atom. The van der Waals surface area contributed by atoms with Gasteiger partial charge in [-0.15, -0.1) is 11.3 Å². The van der Waals surface area contributed by atoms with Crippen LogP contribution in [0.2, 0.25) is 0 Å². The van der Waals surface area contributed by atoms with Crippen LogP contribution in [0.25, 0.3) is 0 Å². The summed E-state index contributed by atoms with van der Waals surface area (Å²) in [7, 11) is -1.88. The van der Waals surface area contributed by atoms with E-state index in [1.165, 1.54) is 15.6 Å². The van der Waals surface area contributed by atoms with Gasteiger partial charge in [-0.05, 0) is 13.0 Å². The zero-order valence-corrected chi connectivity index (χ0v) is 12.6. The Labute approximate surface area is 113 Å². The fourth-order valence-corrected chi connectivity index (χ4v) is 4.58. The first-order valence-corrected chi connectivity index (χ1v) is 8.01. The van der Waals surface area contributed by atoms with Crippen LogP contribution in [0.3, 0.4) is 0 Å². The molecule has 0 aromatic carbocycles. The predicted octanol–water partition coefficient (Wildman–Crippen LogP) is 1.17. The van der Waals surface area contributed by atoms with Gasteiger partial charge in [0.05, 0.1) is 11.5 Å². The number of nitrogens with two attached hydrogens (primary N) is 1. The molecule has 5 nitrogen and oxygen atoms in total. The minimum Gasteiger partial charge on any atom is -0.383 e. The summed E-state index contributed by atoms with van der Waals surface area (Å²) in [5.41, 5.74) is 5.55. The number of rotatable bonds is 7. The van der Waals surface area contributed by atoms with Gasteiger partial charge in [0.25, 0.3) is 0 Å². The summed E-state index contributed by atoms with van der Waals surface area (Å²) in [6.45, 7) is 5.17. The molecule has 0 amide bonds. The number of methoxy groups -OCH3 is 1. The highest BCUT2D eigenvalue weighted by atomic mass is 32.2. The molecule has 0 aliphatic carbocycles. The van der Waals surface area contributed by atoms with Gasteiger partial charge < -0.3 is 10.5 Å². The van der Waals surface area contributed by atoms with E-state index in [1.807, 2.05) is 6.92 Å². The number of likely N-dealkylation sites (N-methyl/N-ethyl adjacent to an activating group) is 1. The van der Waals surface area contributed by atoms with Gasteiger partial charge in [-0.25, -0.2) is 8.42 Å². The molecule has 0 bridgehead atoms. The maximum Gasteiger partial charge on any atom is 0.244 e. The molecule has 0 saturated carbocycles. The Bertz CT molecular complexity index is 482. The average Bonchev–Trinajstić information content (AvgIpc) is 2.72. The number of hydrogen-bond acceptors (Lipinski definition) is 5. The van der Waals surface area contributed by atoms with Crippen molar-refractivity contribution in [3.05, 3.63) is 15.8 Å². The minimum atomic E-state index is -3.44. The van der Waals surface area contributed by atoms with Crippen LogP contribution in [0.4, 0.5) is 0 Å². The first kappa shape index (κ1) is 15.6. The lowest BCUT2D eigenvalue weighted by atomic mass is 10.4. The van der Waals surface area contributed by atoms with Gasteiger partial charge in [-0.2, -0.15) is 4.31 Å². The fraction of sp³-hybridized carbons (Fsp3) is 0.636. The molecule has 0 saturated heterocycles. The van der Waals surface area contributed by atoms with E-state index in [-0.39, 0.29) is 0 Å². The largest absolute Gasteiger partial charge is 0.383 e. The third kappa shape index (κ3) is 3.30. The van der Waals surface area contributed by atoms with Crippen molar-refractivity contribution in [1.82, 2.24) is 4.31 Å². The van der Waals surface area contributed by atoms with E-state index >= 15 is 0 Å².